The van der Waals surface area contributed by atoms with Gasteiger partial charge in [0.15, 0.2) is 0 Å². The second-order valence-electron chi connectivity index (χ2n) is 10.7. The second kappa shape index (κ2) is 14.8. The fraction of sp³-hybridized carbons (Fsp3) is 0.344. The van der Waals surface area contributed by atoms with Gasteiger partial charge in [0.25, 0.3) is 0 Å². The molecule has 1 saturated carbocycles. The fourth-order valence-electron chi connectivity index (χ4n) is 5.37. The van der Waals surface area contributed by atoms with Crippen LogP contribution < -0.4 is 16.0 Å². The highest BCUT2D eigenvalue weighted by molar-refractivity contribution is 6.35. The van der Waals surface area contributed by atoms with E-state index < -0.39 is 6.04 Å². The van der Waals surface area contributed by atoms with Crippen LogP contribution >= 0.6 is 34.8 Å². The molecule has 0 saturated heterocycles. The number of rotatable bonds is 12. The minimum Gasteiger partial charge on any atom is -0.358 e. The topological polar surface area (TPSA) is 83.9 Å². The van der Waals surface area contributed by atoms with E-state index in [-0.39, 0.29) is 5.91 Å². The number of aromatic nitrogens is 3. The van der Waals surface area contributed by atoms with Crippen LogP contribution in [0.5, 0.6) is 0 Å². The van der Waals surface area contributed by atoms with Crippen LogP contribution in [0.1, 0.15) is 49.7 Å². The van der Waals surface area contributed by atoms with Crippen molar-refractivity contribution < 1.29 is 4.79 Å². The van der Waals surface area contributed by atoms with E-state index in [0.29, 0.717) is 58.1 Å². The zero-order chi connectivity index (χ0) is 29.3. The van der Waals surface area contributed by atoms with Crippen LogP contribution in [-0.4, -0.2) is 33.0 Å². The van der Waals surface area contributed by atoms with Gasteiger partial charge in [-0.05, 0) is 66.3 Å². The van der Waals surface area contributed by atoms with Gasteiger partial charge in [0.1, 0.15) is 17.7 Å². The molecule has 1 aliphatic carbocycles. The van der Waals surface area contributed by atoms with E-state index in [4.69, 9.17) is 44.8 Å². The van der Waals surface area contributed by atoms with Gasteiger partial charge in [0.05, 0.1) is 0 Å². The summed E-state index contributed by atoms with van der Waals surface area (Å²) in [6, 6.07) is 18.4. The number of hydrogen-bond acceptors (Lipinski definition) is 5. The van der Waals surface area contributed by atoms with Gasteiger partial charge in [-0.3, -0.25) is 4.79 Å². The molecule has 0 spiro atoms. The number of hydrogen-bond donors (Lipinski definition) is 3. The molecule has 220 valence electrons. The number of anilines is 2. The van der Waals surface area contributed by atoms with Gasteiger partial charge in [0.2, 0.25) is 11.9 Å². The Labute approximate surface area is 262 Å². The van der Waals surface area contributed by atoms with Crippen LogP contribution in [0.2, 0.25) is 15.1 Å². The van der Waals surface area contributed by atoms with Gasteiger partial charge < -0.3 is 20.5 Å². The van der Waals surface area contributed by atoms with E-state index in [1.54, 1.807) is 6.07 Å². The summed E-state index contributed by atoms with van der Waals surface area (Å²) in [7, 11) is 0. The maximum Gasteiger partial charge on any atom is 0.242 e. The maximum atomic E-state index is 13.6. The van der Waals surface area contributed by atoms with Crippen LogP contribution in [0, 0.1) is 5.92 Å². The first-order valence-corrected chi connectivity index (χ1v) is 15.6. The van der Waals surface area contributed by atoms with Crippen LogP contribution in [0.15, 0.2) is 73.1 Å². The van der Waals surface area contributed by atoms with Gasteiger partial charge in [-0.15, -0.1) is 0 Å². The zero-order valence-electron chi connectivity index (χ0n) is 23.3. The fourth-order valence-corrected chi connectivity index (χ4v) is 6.09. The molecule has 1 aliphatic rings. The summed E-state index contributed by atoms with van der Waals surface area (Å²) in [5.41, 5.74) is 1.96. The SMILES string of the molecule is O=C(NCCc1ccc(Cl)cc1Cl)[C@@H](CC1CCCCC1)Nc1cc(-n2cccc2)nc(NCc2cccc(Cl)c2)n1. The van der Waals surface area contributed by atoms with Crippen LogP contribution in [0.3, 0.4) is 0 Å². The van der Waals surface area contributed by atoms with E-state index in [1.807, 2.05) is 71.6 Å². The third-order valence-electron chi connectivity index (χ3n) is 7.56. The molecule has 1 atom stereocenters. The van der Waals surface area contributed by atoms with E-state index in [1.165, 1.54) is 19.3 Å². The number of nitrogens with one attached hydrogen (secondary N) is 3. The van der Waals surface area contributed by atoms with Crippen molar-refractivity contribution in [3.63, 3.8) is 0 Å². The van der Waals surface area contributed by atoms with Crippen LogP contribution in [0.4, 0.5) is 11.8 Å². The van der Waals surface area contributed by atoms with Crippen molar-refractivity contribution in [3.8, 4) is 5.82 Å². The Hall–Kier alpha value is -3.26. The van der Waals surface area contributed by atoms with Gasteiger partial charge >= 0.3 is 0 Å². The molecule has 7 nitrogen and oxygen atoms in total. The van der Waals surface area contributed by atoms with Crippen molar-refractivity contribution in [3.05, 3.63) is 99.3 Å². The van der Waals surface area contributed by atoms with Crippen molar-refractivity contribution in [1.29, 1.82) is 0 Å². The number of halogens is 3. The van der Waals surface area contributed by atoms with Crippen molar-refractivity contribution in [1.82, 2.24) is 19.9 Å². The van der Waals surface area contributed by atoms with E-state index in [2.05, 4.69) is 16.0 Å². The van der Waals surface area contributed by atoms with Crippen LogP contribution in [-0.2, 0) is 17.8 Å². The smallest absolute Gasteiger partial charge is 0.242 e. The third kappa shape index (κ3) is 8.63. The first-order valence-electron chi connectivity index (χ1n) is 14.4. The second-order valence-corrected chi connectivity index (χ2v) is 12.0. The molecular weight excluding hydrogens is 591 g/mol. The Bertz CT molecular complexity index is 1470. The molecule has 4 aromatic rings. The van der Waals surface area contributed by atoms with Crippen molar-refractivity contribution in [2.24, 2.45) is 5.92 Å². The lowest BCUT2D eigenvalue weighted by Gasteiger charge is -2.27. The molecule has 0 radical (unpaired) electrons. The molecule has 1 amide bonds. The molecular formula is C32H35Cl3N6O. The molecule has 0 bridgehead atoms. The summed E-state index contributed by atoms with van der Waals surface area (Å²) in [4.78, 5) is 23.1. The molecule has 2 heterocycles. The van der Waals surface area contributed by atoms with Gasteiger partial charge in [-0.2, -0.15) is 9.97 Å². The standard InChI is InChI=1S/C32H35Cl3N6O/c33-25-10-6-9-23(17-25)21-37-32-39-29(20-30(40-32)41-15-4-5-16-41)38-28(18-22-7-2-1-3-8-22)31(42)36-14-13-24-11-12-26(34)19-27(24)35/h4-6,9-12,15-17,19-20,22,28H,1-3,7-8,13-14,18,21H2,(H,36,42)(H2,37,38,39,40)/t28-/m1/s1. The summed E-state index contributed by atoms with van der Waals surface area (Å²) in [5, 5.41) is 11.8. The molecule has 1 fully saturated rings. The van der Waals surface area contributed by atoms with Gasteiger partial charge in [-0.25, -0.2) is 0 Å². The normalized spacial score (nSPS) is 14.4. The molecule has 10 heteroatoms. The molecule has 0 aliphatic heterocycles. The van der Waals surface area contributed by atoms with Gasteiger partial charge in [-0.1, -0.05) is 85.1 Å². The molecule has 42 heavy (non-hydrogen) atoms. The Kier molecular flexibility index (Phi) is 10.6. The number of carbonyl (C=O) groups is 1. The lowest BCUT2D eigenvalue weighted by Crippen LogP contribution is -2.42. The lowest BCUT2D eigenvalue weighted by molar-refractivity contribution is -0.122. The number of carbonyl (C=O) groups excluding carboxylic acids is 1. The Morgan fingerprint density at radius 2 is 1.71 bits per heavy atom. The molecule has 3 N–H and O–H groups in total. The van der Waals surface area contributed by atoms with Crippen LogP contribution in [0.25, 0.3) is 5.82 Å². The summed E-state index contributed by atoms with van der Waals surface area (Å²) >= 11 is 18.6. The first-order chi connectivity index (χ1) is 20.4. The first kappa shape index (κ1) is 30.2. The van der Waals surface area contributed by atoms with Crippen molar-refractivity contribution in [2.45, 2.75) is 57.5 Å². The molecule has 0 unspecified atom stereocenters. The predicted octanol–water partition coefficient (Wildman–Crippen LogP) is 7.95. The Morgan fingerprint density at radius 3 is 2.48 bits per heavy atom. The minimum absolute atomic E-state index is 0.0553. The van der Waals surface area contributed by atoms with E-state index >= 15 is 0 Å². The highest BCUT2D eigenvalue weighted by Crippen LogP contribution is 2.29. The highest BCUT2D eigenvalue weighted by atomic mass is 35.5. The number of benzene rings is 2. The summed E-state index contributed by atoms with van der Waals surface area (Å²) < 4.78 is 1.92. The van der Waals surface area contributed by atoms with Gasteiger partial charge in [0, 0.05) is 46.6 Å². The Morgan fingerprint density at radius 1 is 0.929 bits per heavy atom. The molecule has 5 rings (SSSR count). The predicted molar refractivity (Wildman–Crippen MR) is 172 cm³/mol. The monoisotopic (exact) mass is 624 g/mol. The van der Waals surface area contributed by atoms with Crippen molar-refractivity contribution >= 4 is 52.5 Å². The largest absolute Gasteiger partial charge is 0.358 e. The Balaban J connectivity index is 1.33. The van der Waals surface area contributed by atoms with E-state index in [9.17, 15) is 4.79 Å². The minimum atomic E-state index is -0.443. The lowest BCUT2D eigenvalue weighted by atomic mass is 9.84. The highest BCUT2D eigenvalue weighted by Gasteiger charge is 2.25. The zero-order valence-corrected chi connectivity index (χ0v) is 25.6. The average Bonchev–Trinajstić information content (AvgIpc) is 3.53. The quantitative estimate of drug-likeness (QED) is 0.149. The summed E-state index contributed by atoms with van der Waals surface area (Å²) in [5.74, 6) is 2.16. The molecule has 2 aromatic carbocycles. The summed E-state index contributed by atoms with van der Waals surface area (Å²) in [6.07, 6.45) is 11.2. The summed E-state index contributed by atoms with van der Waals surface area (Å²) in [6.45, 7) is 0.974. The number of nitrogens with zero attached hydrogens (tertiary/aromatic N) is 3. The number of amides is 1. The van der Waals surface area contributed by atoms with Crippen molar-refractivity contribution in [2.75, 3.05) is 17.2 Å². The van der Waals surface area contributed by atoms with E-state index in [0.717, 1.165) is 30.4 Å². The third-order valence-corrected chi connectivity index (χ3v) is 8.38. The average molecular weight is 626 g/mol. The molecule has 2 aromatic heterocycles. The maximum absolute atomic E-state index is 13.6.